The van der Waals surface area contributed by atoms with E-state index in [9.17, 15) is 0 Å². The van der Waals surface area contributed by atoms with E-state index in [0.717, 1.165) is 12.2 Å². The van der Waals surface area contributed by atoms with E-state index in [4.69, 9.17) is 12.2 Å². The van der Waals surface area contributed by atoms with Gasteiger partial charge >= 0.3 is 0 Å². The van der Waals surface area contributed by atoms with E-state index >= 15 is 0 Å². The number of hydrogen-bond donors (Lipinski definition) is 0. The standard InChI is InChI=1S/C19H22N4S/c1-16(2)21(13-17-9-5-3-6-10-17)15-23-19(24)22(14-20-23)18-11-7-4-8-12-18/h3-12,14,16H,13,15H2,1-2H3. The lowest BCUT2D eigenvalue weighted by Gasteiger charge is -2.26. The Morgan fingerprint density at radius 3 is 2.25 bits per heavy atom. The Morgan fingerprint density at radius 1 is 1.00 bits per heavy atom. The molecule has 24 heavy (non-hydrogen) atoms. The summed E-state index contributed by atoms with van der Waals surface area (Å²) in [6.45, 7) is 5.94. The minimum atomic E-state index is 0.397. The maximum atomic E-state index is 5.61. The van der Waals surface area contributed by atoms with Crippen LogP contribution >= 0.6 is 12.2 Å². The van der Waals surface area contributed by atoms with Crippen LogP contribution in [0, 0.1) is 4.77 Å². The Morgan fingerprint density at radius 2 is 1.62 bits per heavy atom. The van der Waals surface area contributed by atoms with Crippen LogP contribution in [0.1, 0.15) is 19.4 Å². The van der Waals surface area contributed by atoms with Crippen LogP contribution in [-0.4, -0.2) is 25.3 Å². The van der Waals surface area contributed by atoms with Crippen LogP contribution in [0.4, 0.5) is 0 Å². The van der Waals surface area contributed by atoms with Crippen LogP contribution in [0.3, 0.4) is 0 Å². The molecule has 1 aromatic heterocycles. The molecular formula is C19H22N4S. The molecule has 0 bridgehead atoms. The largest absolute Gasteiger partial charge is 0.278 e. The highest BCUT2D eigenvalue weighted by Crippen LogP contribution is 2.12. The van der Waals surface area contributed by atoms with E-state index in [1.165, 1.54) is 5.56 Å². The third kappa shape index (κ3) is 3.80. The van der Waals surface area contributed by atoms with Gasteiger partial charge in [-0.3, -0.25) is 9.47 Å². The third-order valence-corrected chi connectivity index (χ3v) is 4.45. The van der Waals surface area contributed by atoms with Crippen molar-refractivity contribution in [1.82, 2.24) is 19.2 Å². The van der Waals surface area contributed by atoms with Gasteiger partial charge in [0, 0.05) is 18.3 Å². The fourth-order valence-electron chi connectivity index (χ4n) is 2.59. The monoisotopic (exact) mass is 338 g/mol. The number of aromatic nitrogens is 3. The first kappa shape index (κ1) is 16.6. The van der Waals surface area contributed by atoms with Crippen LogP contribution in [0.5, 0.6) is 0 Å². The van der Waals surface area contributed by atoms with E-state index in [0.29, 0.717) is 17.5 Å². The number of para-hydroxylation sites is 1. The van der Waals surface area contributed by atoms with Crippen molar-refractivity contribution in [2.45, 2.75) is 33.1 Å². The molecule has 2 aromatic carbocycles. The lowest BCUT2D eigenvalue weighted by atomic mass is 10.2. The fourth-order valence-corrected chi connectivity index (χ4v) is 2.84. The zero-order valence-electron chi connectivity index (χ0n) is 14.0. The predicted molar refractivity (Wildman–Crippen MR) is 99.5 cm³/mol. The van der Waals surface area contributed by atoms with Gasteiger partial charge in [0.1, 0.15) is 6.33 Å². The molecule has 0 unspecified atom stereocenters. The van der Waals surface area contributed by atoms with Gasteiger partial charge in [0.2, 0.25) is 4.77 Å². The molecule has 3 rings (SSSR count). The van der Waals surface area contributed by atoms with E-state index in [-0.39, 0.29) is 0 Å². The molecule has 3 aromatic rings. The van der Waals surface area contributed by atoms with Gasteiger partial charge in [0.15, 0.2) is 0 Å². The van der Waals surface area contributed by atoms with Gasteiger partial charge in [0.05, 0.1) is 6.67 Å². The molecule has 0 amide bonds. The number of nitrogens with zero attached hydrogens (tertiary/aromatic N) is 4. The summed E-state index contributed by atoms with van der Waals surface area (Å²) in [4.78, 5) is 2.35. The molecule has 0 aliphatic rings. The summed E-state index contributed by atoms with van der Waals surface area (Å²) in [6, 6.07) is 21.0. The second-order valence-electron chi connectivity index (χ2n) is 6.09. The van der Waals surface area contributed by atoms with Crippen molar-refractivity contribution < 1.29 is 0 Å². The molecule has 0 fully saturated rings. The SMILES string of the molecule is CC(C)N(Cc1ccccc1)Cn1ncn(-c2ccccc2)c1=S. The van der Waals surface area contributed by atoms with Crippen molar-refractivity contribution in [3.8, 4) is 5.69 Å². The Labute approximate surface area is 148 Å². The molecule has 1 heterocycles. The molecule has 0 aliphatic heterocycles. The first-order chi connectivity index (χ1) is 11.6. The third-order valence-electron chi connectivity index (χ3n) is 4.04. The second-order valence-corrected chi connectivity index (χ2v) is 6.45. The Hall–Kier alpha value is -2.24. The lowest BCUT2D eigenvalue weighted by molar-refractivity contribution is 0.153. The number of benzene rings is 2. The van der Waals surface area contributed by atoms with Gasteiger partial charge in [-0.1, -0.05) is 48.5 Å². The van der Waals surface area contributed by atoms with Gasteiger partial charge in [-0.25, -0.2) is 4.68 Å². The van der Waals surface area contributed by atoms with Gasteiger partial charge in [-0.05, 0) is 43.8 Å². The summed E-state index contributed by atoms with van der Waals surface area (Å²) in [6.07, 6.45) is 1.79. The molecule has 0 radical (unpaired) electrons. The highest BCUT2D eigenvalue weighted by atomic mass is 32.1. The van der Waals surface area contributed by atoms with Crippen LogP contribution < -0.4 is 0 Å². The summed E-state index contributed by atoms with van der Waals surface area (Å²) in [5.74, 6) is 0. The van der Waals surface area contributed by atoms with Crippen molar-refractivity contribution in [3.63, 3.8) is 0 Å². The molecule has 124 valence electrons. The summed E-state index contributed by atoms with van der Waals surface area (Å²) >= 11 is 5.61. The molecule has 0 aliphatic carbocycles. The minimum Gasteiger partial charge on any atom is -0.278 e. The van der Waals surface area contributed by atoms with Gasteiger partial charge < -0.3 is 0 Å². The predicted octanol–water partition coefficient (Wildman–Crippen LogP) is 4.27. The van der Waals surface area contributed by atoms with E-state index < -0.39 is 0 Å². The topological polar surface area (TPSA) is 26.0 Å². The highest BCUT2D eigenvalue weighted by molar-refractivity contribution is 7.71. The zero-order chi connectivity index (χ0) is 16.9. The number of hydrogen-bond acceptors (Lipinski definition) is 3. The van der Waals surface area contributed by atoms with Gasteiger partial charge in [-0.2, -0.15) is 5.10 Å². The molecule has 0 saturated carbocycles. The van der Waals surface area contributed by atoms with Gasteiger partial charge in [-0.15, -0.1) is 0 Å². The first-order valence-corrected chi connectivity index (χ1v) is 8.54. The summed E-state index contributed by atoms with van der Waals surface area (Å²) in [5, 5.41) is 4.49. The van der Waals surface area contributed by atoms with E-state index in [1.807, 2.05) is 45.6 Å². The summed E-state index contributed by atoms with van der Waals surface area (Å²) in [7, 11) is 0. The fraction of sp³-hybridized carbons (Fsp3) is 0.263. The summed E-state index contributed by atoms with van der Waals surface area (Å²) in [5.41, 5.74) is 2.33. The number of rotatable bonds is 6. The highest BCUT2D eigenvalue weighted by Gasteiger charge is 2.13. The summed E-state index contributed by atoms with van der Waals surface area (Å²) < 4.78 is 4.53. The molecule has 5 heteroatoms. The molecule has 0 spiro atoms. The smallest absolute Gasteiger partial charge is 0.203 e. The van der Waals surface area contributed by atoms with E-state index in [1.54, 1.807) is 6.33 Å². The zero-order valence-corrected chi connectivity index (χ0v) is 14.9. The van der Waals surface area contributed by atoms with Crippen LogP contribution in [0.2, 0.25) is 0 Å². The average Bonchev–Trinajstić information content (AvgIpc) is 2.96. The van der Waals surface area contributed by atoms with Crippen LogP contribution in [-0.2, 0) is 13.2 Å². The van der Waals surface area contributed by atoms with Crippen molar-refractivity contribution in [3.05, 3.63) is 77.3 Å². The lowest BCUT2D eigenvalue weighted by Crippen LogP contribution is -2.33. The average molecular weight is 338 g/mol. The molecule has 0 N–H and O–H groups in total. The van der Waals surface area contributed by atoms with Crippen LogP contribution in [0.15, 0.2) is 67.0 Å². The van der Waals surface area contributed by atoms with Crippen LogP contribution in [0.25, 0.3) is 5.69 Å². The quantitative estimate of drug-likeness (QED) is 0.628. The van der Waals surface area contributed by atoms with Gasteiger partial charge in [0.25, 0.3) is 0 Å². The first-order valence-electron chi connectivity index (χ1n) is 8.13. The second kappa shape index (κ2) is 7.55. The Balaban J connectivity index is 1.81. The normalized spacial score (nSPS) is 11.3. The maximum absolute atomic E-state index is 5.61. The maximum Gasteiger partial charge on any atom is 0.203 e. The van der Waals surface area contributed by atoms with Crippen molar-refractivity contribution in [1.29, 1.82) is 0 Å². The minimum absolute atomic E-state index is 0.397. The van der Waals surface area contributed by atoms with Crippen molar-refractivity contribution in [2.24, 2.45) is 0 Å². The molecule has 0 saturated heterocycles. The Kier molecular flexibility index (Phi) is 5.23. The molecule has 0 atom stereocenters. The molecular weight excluding hydrogens is 316 g/mol. The van der Waals surface area contributed by atoms with Crippen molar-refractivity contribution >= 4 is 12.2 Å². The van der Waals surface area contributed by atoms with Crippen molar-refractivity contribution in [2.75, 3.05) is 0 Å². The molecule has 4 nitrogen and oxygen atoms in total. The van der Waals surface area contributed by atoms with E-state index in [2.05, 4.69) is 48.1 Å². The Bertz CT molecular complexity index is 821.